The molecule has 6 nitrogen and oxygen atoms in total. The number of benzene rings is 1. The van der Waals surface area contributed by atoms with Crippen LogP contribution in [-0.2, 0) is 10.9 Å². The van der Waals surface area contributed by atoms with Crippen molar-refractivity contribution in [2.24, 2.45) is 0 Å². The molecule has 1 amide bonds. The van der Waals surface area contributed by atoms with Crippen molar-refractivity contribution in [3.05, 3.63) is 34.8 Å². The van der Waals surface area contributed by atoms with Gasteiger partial charge in [0.25, 0.3) is 5.19 Å². The van der Waals surface area contributed by atoms with Gasteiger partial charge in [0.05, 0.1) is 0 Å². The summed E-state index contributed by atoms with van der Waals surface area (Å²) in [5.41, 5.74) is 0.576. The molecule has 0 radical (unpaired) electrons. The van der Waals surface area contributed by atoms with E-state index in [0.29, 0.717) is 36.1 Å². The topological polar surface area (TPSA) is 64.5 Å². The molecule has 1 fully saturated rings. The van der Waals surface area contributed by atoms with Crippen LogP contribution in [0, 0.1) is 0 Å². The number of alkyl halides is 3. The Kier molecular flexibility index (Phi) is 6.02. The summed E-state index contributed by atoms with van der Waals surface area (Å²) in [6, 6.07) is 7.16. The molecule has 0 saturated carbocycles. The lowest BCUT2D eigenvalue weighted by Gasteiger charge is -2.33. The lowest BCUT2D eigenvalue weighted by atomic mass is 9.89. The Labute approximate surface area is 170 Å². The molecule has 1 aromatic carbocycles. The molecule has 1 saturated heterocycles. The van der Waals surface area contributed by atoms with E-state index < -0.39 is 16.8 Å². The van der Waals surface area contributed by atoms with Crippen LogP contribution in [0.4, 0.5) is 18.0 Å². The number of amides is 1. The fraction of sp³-hybridized carbons (Fsp3) is 0.526. The Hall–Kier alpha value is -2.36. The van der Waals surface area contributed by atoms with Crippen LogP contribution in [0.2, 0.25) is 0 Å². The van der Waals surface area contributed by atoms with E-state index in [-0.39, 0.29) is 11.3 Å². The number of carbonyl (C=O) groups is 1. The fourth-order valence-electron chi connectivity index (χ4n) is 3.00. The van der Waals surface area contributed by atoms with Crippen LogP contribution in [0.5, 0.6) is 10.9 Å². The number of hydrogen-bond donors (Lipinski definition) is 0. The van der Waals surface area contributed by atoms with E-state index in [1.54, 1.807) is 17.0 Å². The molecule has 0 bridgehead atoms. The van der Waals surface area contributed by atoms with Gasteiger partial charge in [-0.1, -0.05) is 28.6 Å². The quantitative estimate of drug-likeness (QED) is 0.648. The van der Waals surface area contributed by atoms with Gasteiger partial charge in [-0.2, -0.15) is 13.2 Å². The van der Waals surface area contributed by atoms with E-state index in [0.717, 1.165) is 18.4 Å². The molecule has 0 atom stereocenters. The van der Waals surface area contributed by atoms with Gasteiger partial charge in [0, 0.05) is 13.1 Å². The molecule has 1 aliphatic heterocycles. The van der Waals surface area contributed by atoms with Crippen LogP contribution in [0.15, 0.2) is 24.3 Å². The van der Waals surface area contributed by atoms with E-state index in [4.69, 9.17) is 9.47 Å². The predicted octanol–water partition coefficient (Wildman–Crippen LogP) is 5.46. The summed E-state index contributed by atoms with van der Waals surface area (Å²) in [4.78, 5) is 13.9. The summed E-state index contributed by atoms with van der Waals surface area (Å²) in [6.07, 6.45) is -3.21. The molecule has 2 heterocycles. The SMILES string of the molecule is CC(C)(C)OC(=O)N1CCC(c2ccc(Oc3nnc(C(F)(F)F)s3)cc2)CC1. The normalized spacial score (nSPS) is 16.0. The third-order valence-corrected chi connectivity index (χ3v) is 5.20. The molecule has 2 aromatic rings. The maximum atomic E-state index is 12.6. The van der Waals surface area contributed by atoms with Gasteiger partial charge >= 0.3 is 12.3 Å². The van der Waals surface area contributed by atoms with Gasteiger partial charge in [-0.3, -0.25) is 0 Å². The van der Waals surface area contributed by atoms with Crippen molar-refractivity contribution < 1.29 is 27.4 Å². The molecule has 0 spiro atoms. The standard InChI is InChI=1S/C19H22F3N3O3S/c1-18(2,3)28-17(26)25-10-8-13(9-11-25)12-4-6-14(7-5-12)27-16-24-23-15(29-16)19(20,21)22/h4-7,13H,8-11H2,1-3H3. The van der Waals surface area contributed by atoms with Gasteiger partial charge in [0.2, 0.25) is 5.01 Å². The zero-order valence-electron chi connectivity index (χ0n) is 16.3. The molecule has 1 aromatic heterocycles. The second-order valence-electron chi connectivity index (χ2n) is 7.78. The number of ether oxygens (including phenoxy) is 2. The molecular formula is C19H22F3N3O3S. The average Bonchev–Trinajstić information content (AvgIpc) is 3.10. The summed E-state index contributed by atoms with van der Waals surface area (Å²) in [7, 11) is 0. The van der Waals surface area contributed by atoms with Gasteiger partial charge in [0.15, 0.2) is 0 Å². The largest absolute Gasteiger partial charge is 0.445 e. The first kappa shape index (κ1) is 21.4. The molecule has 3 rings (SSSR count). The average molecular weight is 429 g/mol. The van der Waals surface area contributed by atoms with E-state index in [1.807, 2.05) is 32.9 Å². The Bertz CT molecular complexity index is 839. The zero-order chi connectivity index (χ0) is 21.2. The number of halogens is 3. The van der Waals surface area contributed by atoms with Crippen LogP contribution < -0.4 is 4.74 Å². The number of aromatic nitrogens is 2. The van der Waals surface area contributed by atoms with Crippen molar-refractivity contribution >= 4 is 17.4 Å². The lowest BCUT2D eigenvalue weighted by molar-refractivity contribution is -0.138. The summed E-state index contributed by atoms with van der Waals surface area (Å²) < 4.78 is 48.5. The molecule has 0 unspecified atom stereocenters. The van der Waals surface area contributed by atoms with Crippen molar-refractivity contribution in [1.29, 1.82) is 0 Å². The highest BCUT2D eigenvalue weighted by molar-refractivity contribution is 7.13. The summed E-state index contributed by atoms with van der Waals surface area (Å²) >= 11 is 0.355. The molecule has 10 heteroatoms. The summed E-state index contributed by atoms with van der Waals surface area (Å²) in [5, 5.41) is 5.31. The third-order valence-electron chi connectivity index (χ3n) is 4.35. The van der Waals surface area contributed by atoms with Crippen LogP contribution in [-0.4, -0.2) is 39.9 Å². The maximum absolute atomic E-state index is 12.6. The van der Waals surface area contributed by atoms with Crippen molar-refractivity contribution in [2.75, 3.05) is 13.1 Å². The number of piperidine rings is 1. The first-order chi connectivity index (χ1) is 13.5. The summed E-state index contributed by atoms with van der Waals surface area (Å²) in [5.74, 6) is 0.686. The molecular weight excluding hydrogens is 407 g/mol. The fourth-order valence-corrected chi connectivity index (χ4v) is 3.58. The third kappa shape index (κ3) is 5.81. The highest BCUT2D eigenvalue weighted by Gasteiger charge is 2.36. The van der Waals surface area contributed by atoms with Gasteiger partial charge in [-0.25, -0.2) is 4.79 Å². The number of nitrogens with zero attached hydrogens (tertiary/aromatic N) is 3. The predicted molar refractivity (Wildman–Crippen MR) is 101 cm³/mol. The van der Waals surface area contributed by atoms with Gasteiger partial charge in [0.1, 0.15) is 11.4 Å². The van der Waals surface area contributed by atoms with Crippen LogP contribution >= 0.6 is 11.3 Å². The Morgan fingerprint density at radius 2 is 1.72 bits per heavy atom. The van der Waals surface area contributed by atoms with Gasteiger partial charge < -0.3 is 14.4 Å². The highest BCUT2D eigenvalue weighted by atomic mass is 32.1. The number of likely N-dealkylation sites (tertiary alicyclic amines) is 1. The van der Waals surface area contributed by atoms with Crippen molar-refractivity contribution in [1.82, 2.24) is 15.1 Å². The first-order valence-electron chi connectivity index (χ1n) is 9.18. The van der Waals surface area contributed by atoms with Crippen molar-refractivity contribution in [3.8, 4) is 10.9 Å². The number of carbonyl (C=O) groups excluding carboxylic acids is 1. The van der Waals surface area contributed by atoms with E-state index in [1.165, 1.54) is 0 Å². The number of rotatable bonds is 3. The van der Waals surface area contributed by atoms with Crippen LogP contribution in [0.1, 0.15) is 50.1 Å². The van der Waals surface area contributed by atoms with E-state index >= 15 is 0 Å². The first-order valence-corrected chi connectivity index (χ1v) is 9.99. The van der Waals surface area contributed by atoms with Gasteiger partial charge in [-0.05, 0) is 57.2 Å². The minimum Gasteiger partial charge on any atom is -0.444 e. The number of hydrogen-bond acceptors (Lipinski definition) is 6. The minimum atomic E-state index is -4.53. The Morgan fingerprint density at radius 1 is 1.10 bits per heavy atom. The highest BCUT2D eigenvalue weighted by Crippen LogP contribution is 2.36. The summed E-state index contributed by atoms with van der Waals surface area (Å²) in [6.45, 7) is 6.75. The Balaban J connectivity index is 1.55. The molecule has 29 heavy (non-hydrogen) atoms. The van der Waals surface area contributed by atoms with Crippen molar-refractivity contribution in [3.63, 3.8) is 0 Å². The van der Waals surface area contributed by atoms with Crippen molar-refractivity contribution in [2.45, 2.75) is 51.3 Å². The zero-order valence-corrected chi connectivity index (χ0v) is 17.1. The molecule has 0 aliphatic carbocycles. The van der Waals surface area contributed by atoms with Crippen LogP contribution in [0.3, 0.4) is 0 Å². The molecule has 0 N–H and O–H groups in total. The second-order valence-corrected chi connectivity index (χ2v) is 8.72. The molecule has 158 valence electrons. The minimum absolute atomic E-state index is 0.157. The Morgan fingerprint density at radius 3 is 2.24 bits per heavy atom. The van der Waals surface area contributed by atoms with E-state index in [2.05, 4.69) is 10.2 Å². The molecule has 1 aliphatic rings. The van der Waals surface area contributed by atoms with Crippen LogP contribution in [0.25, 0.3) is 0 Å². The smallest absolute Gasteiger partial charge is 0.444 e. The monoisotopic (exact) mass is 429 g/mol. The maximum Gasteiger partial charge on any atom is 0.445 e. The van der Waals surface area contributed by atoms with Gasteiger partial charge in [-0.15, -0.1) is 5.10 Å². The lowest BCUT2D eigenvalue weighted by Crippen LogP contribution is -2.41. The van der Waals surface area contributed by atoms with E-state index in [9.17, 15) is 18.0 Å². The second kappa shape index (κ2) is 8.17.